The van der Waals surface area contributed by atoms with Crippen LogP contribution in [-0.4, -0.2) is 8.42 Å². The summed E-state index contributed by atoms with van der Waals surface area (Å²) in [6, 6.07) is 15.5. The van der Waals surface area contributed by atoms with Crippen LogP contribution < -0.4 is 4.72 Å². The molecule has 1 aliphatic heterocycles. The monoisotopic (exact) mass is 285 g/mol. The van der Waals surface area contributed by atoms with Gasteiger partial charge in [-0.3, -0.25) is 0 Å². The van der Waals surface area contributed by atoms with Crippen molar-refractivity contribution >= 4 is 10.0 Å². The fourth-order valence-corrected chi connectivity index (χ4v) is 5.21. The lowest BCUT2D eigenvalue weighted by atomic mass is 9.86. The molecule has 102 valence electrons. The molecule has 0 saturated carbocycles. The molecule has 1 atom stereocenters. The zero-order valence-corrected chi connectivity index (χ0v) is 11.8. The first-order chi connectivity index (χ1) is 9.61. The maximum Gasteiger partial charge on any atom is 0.241 e. The van der Waals surface area contributed by atoms with Crippen molar-refractivity contribution < 1.29 is 8.42 Å². The molecule has 1 aliphatic carbocycles. The number of benzene rings is 2. The van der Waals surface area contributed by atoms with Crippen molar-refractivity contribution in [1.82, 2.24) is 4.72 Å². The molecule has 2 aromatic rings. The third-order valence-electron chi connectivity index (χ3n) is 4.44. The second kappa shape index (κ2) is 3.93. The maximum atomic E-state index is 12.5. The first-order valence-corrected chi connectivity index (χ1v) is 8.29. The van der Waals surface area contributed by atoms with Gasteiger partial charge in [0.05, 0.1) is 10.4 Å². The molecular formula is C16H15NO2S. The Kier molecular flexibility index (Phi) is 2.38. The van der Waals surface area contributed by atoms with Crippen LogP contribution in [0.5, 0.6) is 0 Å². The highest BCUT2D eigenvalue weighted by molar-refractivity contribution is 7.89. The van der Waals surface area contributed by atoms with Crippen LogP contribution >= 0.6 is 0 Å². The van der Waals surface area contributed by atoms with E-state index in [9.17, 15) is 8.42 Å². The van der Waals surface area contributed by atoms with Crippen LogP contribution in [0.25, 0.3) is 0 Å². The average Bonchev–Trinajstić information content (AvgIpc) is 2.77. The Bertz CT molecular complexity index is 798. The van der Waals surface area contributed by atoms with Crippen molar-refractivity contribution in [2.45, 2.75) is 29.7 Å². The van der Waals surface area contributed by atoms with E-state index in [1.54, 1.807) is 12.1 Å². The molecule has 0 radical (unpaired) electrons. The van der Waals surface area contributed by atoms with Gasteiger partial charge in [-0.1, -0.05) is 42.5 Å². The van der Waals surface area contributed by atoms with E-state index in [-0.39, 0.29) is 0 Å². The highest BCUT2D eigenvalue weighted by atomic mass is 32.2. The van der Waals surface area contributed by atoms with Crippen LogP contribution in [-0.2, 0) is 28.4 Å². The predicted octanol–water partition coefficient (Wildman–Crippen LogP) is 2.36. The van der Waals surface area contributed by atoms with Gasteiger partial charge in [-0.15, -0.1) is 0 Å². The van der Waals surface area contributed by atoms with Crippen molar-refractivity contribution in [2.75, 3.05) is 0 Å². The molecule has 3 nitrogen and oxygen atoms in total. The summed E-state index contributed by atoms with van der Waals surface area (Å²) in [7, 11) is -3.43. The van der Waals surface area contributed by atoms with Crippen molar-refractivity contribution in [3.05, 3.63) is 65.2 Å². The maximum absolute atomic E-state index is 12.5. The summed E-state index contributed by atoms with van der Waals surface area (Å²) in [6.45, 7) is 0. The van der Waals surface area contributed by atoms with E-state index in [0.717, 1.165) is 30.4 Å². The van der Waals surface area contributed by atoms with Gasteiger partial charge in [0, 0.05) is 0 Å². The van der Waals surface area contributed by atoms with Gasteiger partial charge < -0.3 is 0 Å². The van der Waals surface area contributed by atoms with Crippen LogP contribution in [0.4, 0.5) is 0 Å². The summed E-state index contributed by atoms with van der Waals surface area (Å²) in [5.41, 5.74) is 2.86. The minimum Gasteiger partial charge on any atom is -0.207 e. The van der Waals surface area contributed by atoms with Gasteiger partial charge in [-0.05, 0) is 42.0 Å². The topological polar surface area (TPSA) is 46.2 Å². The van der Waals surface area contributed by atoms with Gasteiger partial charge in [-0.2, -0.15) is 0 Å². The number of nitrogens with one attached hydrogen (secondary N) is 1. The Balaban J connectivity index is 1.93. The van der Waals surface area contributed by atoms with Crippen molar-refractivity contribution in [3.63, 3.8) is 0 Å². The first-order valence-electron chi connectivity index (χ1n) is 6.81. The van der Waals surface area contributed by atoms with Gasteiger partial charge in [0.2, 0.25) is 10.0 Å². The van der Waals surface area contributed by atoms with Crippen LogP contribution in [0.3, 0.4) is 0 Å². The molecule has 0 amide bonds. The van der Waals surface area contributed by atoms with Gasteiger partial charge >= 0.3 is 0 Å². The average molecular weight is 285 g/mol. The molecule has 0 aromatic heterocycles. The molecule has 2 aliphatic rings. The number of hydrogen-bond donors (Lipinski definition) is 1. The number of hydrogen-bond acceptors (Lipinski definition) is 2. The largest absolute Gasteiger partial charge is 0.241 e. The molecule has 0 saturated heterocycles. The van der Waals surface area contributed by atoms with Crippen LogP contribution in [0, 0.1) is 0 Å². The van der Waals surface area contributed by atoms with Gasteiger partial charge in [0.25, 0.3) is 0 Å². The lowest BCUT2D eigenvalue weighted by Crippen LogP contribution is -2.49. The van der Waals surface area contributed by atoms with E-state index in [2.05, 4.69) is 16.9 Å². The van der Waals surface area contributed by atoms with Gasteiger partial charge in [-0.25, -0.2) is 13.1 Å². The Labute approximate surface area is 118 Å². The second-order valence-electron chi connectivity index (χ2n) is 5.63. The normalized spacial score (nSPS) is 26.2. The van der Waals surface area contributed by atoms with E-state index < -0.39 is 15.6 Å². The zero-order chi connectivity index (χ0) is 13.8. The number of aryl methyl sites for hydroxylation is 1. The lowest BCUT2D eigenvalue weighted by Gasteiger charge is -2.36. The third-order valence-corrected chi connectivity index (χ3v) is 6.07. The first kappa shape index (κ1) is 12.1. The molecule has 1 N–H and O–H groups in total. The van der Waals surface area contributed by atoms with Crippen LogP contribution in [0.15, 0.2) is 53.4 Å². The smallest absolute Gasteiger partial charge is 0.207 e. The third kappa shape index (κ3) is 1.58. The molecule has 4 heteroatoms. The highest BCUT2D eigenvalue weighted by Gasteiger charge is 2.45. The van der Waals surface area contributed by atoms with Gasteiger partial charge in [0.15, 0.2) is 0 Å². The van der Waals surface area contributed by atoms with Crippen molar-refractivity contribution in [3.8, 4) is 0 Å². The predicted molar refractivity (Wildman–Crippen MR) is 76.9 cm³/mol. The summed E-state index contributed by atoms with van der Waals surface area (Å²) >= 11 is 0. The van der Waals surface area contributed by atoms with E-state index in [4.69, 9.17) is 0 Å². The van der Waals surface area contributed by atoms with Crippen LogP contribution in [0.2, 0.25) is 0 Å². The van der Waals surface area contributed by atoms with Crippen LogP contribution in [0.1, 0.15) is 23.1 Å². The van der Waals surface area contributed by atoms with Crippen molar-refractivity contribution in [1.29, 1.82) is 0 Å². The molecule has 1 spiro atoms. The Morgan fingerprint density at radius 1 is 0.950 bits per heavy atom. The molecule has 1 unspecified atom stereocenters. The molecule has 0 fully saturated rings. The molecular weight excluding hydrogens is 270 g/mol. The molecule has 20 heavy (non-hydrogen) atoms. The number of rotatable bonds is 0. The molecule has 0 bridgehead atoms. The number of fused-ring (bicyclic) bond motifs is 3. The van der Waals surface area contributed by atoms with E-state index in [0.29, 0.717) is 4.90 Å². The minimum absolute atomic E-state index is 0.426. The van der Waals surface area contributed by atoms with Gasteiger partial charge in [0.1, 0.15) is 0 Å². The summed E-state index contributed by atoms with van der Waals surface area (Å²) in [6.07, 6.45) is 2.50. The fraction of sp³-hybridized carbons (Fsp3) is 0.250. The van der Waals surface area contributed by atoms with E-state index in [1.807, 2.05) is 24.3 Å². The summed E-state index contributed by atoms with van der Waals surface area (Å²) in [4.78, 5) is 0.426. The SMILES string of the molecule is O=S1(=O)NC2(CCc3ccccc32)Cc2ccccc21. The summed E-state index contributed by atoms with van der Waals surface area (Å²) in [5, 5.41) is 0. The van der Waals surface area contributed by atoms with E-state index >= 15 is 0 Å². The second-order valence-corrected chi connectivity index (χ2v) is 7.28. The Hall–Kier alpha value is -1.65. The number of sulfonamides is 1. The molecule has 4 rings (SSSR count). The zero-order valence-electron chi connectivity index (χ0n) is 11.0. The Morgan fingerprint density at radius 2 is 1.65 bits per heavy atom. The Morgan fingerprint density at radius 3 is 2.50 bits per heavy atom. The van der Waals surface area contributed by atoms with Crippen molar-refractivity contribution in [2.24, 2.45) is 0 Å². The lowest BCUT2D eigenvalue weighted by molar-refractivity contribution is 0.373. The summed E-state index contributed by atoms with van der Waals surface area (Å²) in [5.74, 6) is 0. The quantitative estimate of drug-likeness (QED) is 0.807. The van der Waals surface area contributed by atoms with E-state index in [1.165, 1.54) is 5.56 Å². The summed E-state index contributed by atoms with van der Waals surface area (Å²) < 4.78 is 28.0. The standard InChI is InChI=1S/C16H15NO2S/c18-20(19)15-8-4-2-6-13(15)11-16(17-20)10-9-12-5-1-3-7-14(12)16/h1-8,17H,9-11H2. The molecule has 2 aromatic carbocycles. The minimum atomic E-state index is -3.43. The fourth-order valence-electron chi connectivity index (χ4n) is 3.56. The highest BCUT2D eigenvalue weighted by Crippen LogP contribution is 2.43. The molecule has 1 heterocycles.